The van der Waals surface area contributed by atoms with Crippen LogP contribution in [-0.4, -0.2) is 6.54 Å². The third-order valence-corrected chi connectivity index (χ3v) is 5.77. The molecule has 0 saturated carbocycles. The molecule has 2 aliphatic heterocycles. The lowest BCUT2D eigenvalue weighted by atomic mass is 9.97. The van der Waals surface area contributed by atoms with Crippen LogP contribution in [0.4, 0.5) is 11.4 Å². The average molecular weight is 331 g/mol. The Hall–Kier alpha value is -2.39. The van der Waals surface area contributed by atoms with E-state index >= 15 is 0 Å². The van der Waals surface area contributed by atoms with Crippen molar-refractivity contribution >= 4 is 23.1 Å². The van der Waals surface area contributed by atoms with Crippen LogP contribution < -0.4 is 9.64 Å². The molecule has 2 aliphatic rings. The molecule has 0 spiro atoms. The second-order valence-electron chi connectivity index (χ2n) is 6.12. The number of hydrogen-bond donors (Lipinski definition) is 0. The predicted molar refractivity (Wildman–Crippen MR) is 98.4 cm³/mol. The number of nitrogens with zero attached hydrogens (tertiary/aromatic N) is 1. The first-order valence-corrected chi connectivity index (χ1v) is 9.11. The van der Waals surface area contributed by atoms with Crippen molar-refractivity contribution in [3.8, 4) is 5.75 Å². The van der Waals surface area contributed by atoms with Crippen molar-refractivity contribution in [1.82, 2.24) is 0 Å². The van der Waals surface area contributed by atoms with Crippen LogP contribution in [0.5, 0.6) is 5.75 Å². The third kappa shape index (κ3) is 2.20. The van der Waals surface area contributed by atoms with E-state index in [0.29, 0.717) is 0 Å². The van der Waals surface area contributed by atoms with Gasteiger partial charge in [-0.1, -0.05) is 54.2 Å². The lowest BCUT2D eigenvalue weighted by Crippen LogP contribution is -2.31. The molecular weight excluding hydrogens is 314 g/mol. The molecule has 3 aromatic carbocycles. The number of anilines is 2. The van der Waals surface area contributed by atoms with Crippen molar-refractivity contribution in [2.24, 2.45) is 0 Å². The average Bonchev–Trinajstić information content (AvgIpc) is 2.64. The van der Waals surface area contributed by atoms with Crippen molar-refractivity contribution in [3.63, 3.8) is 0 Å². The van der Waals surface area contributed by atoms with E-state index in [4.69, 9.17) is 4.74 Å². The van der Waals surface area contributed by atoms with Crippen LogP contribution in [-0.2, 0) is 0 Å². The molecule has 3 heteroatoms. The molecule has 2 nitrogen and oxygen atoms in total. The summed E-state index contributed by atoms with van der Waals surface area (Å²) in [5, 5.41) is 0. The number of hydrogen-bond acceptors (Lipinski definition) is 3. The van der Waals surface area contributed by atoms with Crippen LogP contribution >= 0.6 is 11.8 Å². The second kappa shape index (κ2) is 5.60. The van der Waals surface area contributed by atoms with Crippen LogP contribution in [0.15, 0.2) is 82.6 Å². The monoisotopic (exact) mass is 331 g/mol. The molecule has 2 heterocycles. The summed E-state index contributed by atoms with van der Waals surface area (Å²) in [4.78, 5) is 5.12. The summed E-state index contributed by atoms with van der Waals surface area (Å²) in [5.41, 5.74) is 3.94. The summed E-state index contributed by atoms with van der Waals surface area (Å²) in [5.74, 6) is 0.942. The van der Waals surface area contributed by atoms with Crippen molar-refractivity contribution in [3.05, 3.63) is 78.4 Å². The van der Waals surface area contributed by atoms with Crippen molar-refractivity contribution in [2.45, 2.75) is 22.3 Å². The molecule has 5 rings (SSSR count). The summed E-state index contributed by atoms with van der Waals surface area (Å²) in [6, 6.07) is 25.4. The van der Waals surface area contributed by atoms with Crippen molar-refractivity contribution < 1.29 is 4.74 Å². The Bertz CT molecular complexity index is 893. The third-order valence-electron chi connectivity index (χ3n) is 4.66. The van der Waals surface area contributed by atoms with Gasteiger partial charge in [0.15, 0.2) is 0 Å². The van der Waals surface area contributed by atoms with E-state index in [0.717, 1.165) is 18.7 Å². The Morgan fingerprint density at radius 2 is 1.62 bits per heavy atom. The molecule has 0 amide bonds. The molecular formula is C21H17NOS. The van der Waals surface area contributed by atoms with E-state index in [9.17, 15) is 0 Å². The summed E-state index contributed by atoms with van der Waals surface area (Å²) >= 11 is 1.86. The Labute approximate surface area is 146 Å². The van der Waals surface area contributed by atoms with E-state index in [-0.39, 0.29) is 6.10 Å². The minimum atomic E-state index is 0.115. The Morgan fingerprint density at radius 1 is 0.833 bits per heavy atom. The number of rotatable bonds is 2. The molecule has 0 N–H and O–H groups in total. The zero-order valence-corrected chi connectivity index (χ0v) is 14.0. The van der Waals surface area contributed by atoms with E-state index < -0.39 is 0 Å². The minimum absolute atomic E-state index is 0.115. The number of benzene rings is 3. The molecule has 24 heavy (non-hydrogen) atoms. The van der Waals surface area contributed by atoms with Crippen LogP contribution in [0.25, 0.3) is 0 Å². The maximum atomic E-state index is 6.31. The maximum absolute atomic E-state index is 6.31. The van der Waals surface area contributed by atoms with Gasteiger partial charge in [-0.2, -0.15) is 0 Å². The van der Waals surface area contributed by atoms with Crippen LogP contribution in [0.1, 0.15) is 18.1 Å². The minimum Gasteiger partial charge on any atom is -0.486 e. The smallest absolute Gasteiger partial charge is 0.127 e. The molecule has 0 saturated heterocycles. The molecule has 0 radical (unpaired) electrons. The van der Waals surface area contributed by atoms with Gasteiger partial charge in [-0.3, -0.25) is 0 Å². The van der Waals surface area contributed by atoms with Crippen molar-refractivity contribution in [2.75, 3.05) is 11.4 Å². The van der Waals surface area contributed by atoms with E-state index in [1.807, 2.05) is 42.1 Å². The highest BCUT2D eigenvalue weighted by Crippen LogP contribution is 2.53. The molecule has 0 aromatic heterocycles. The molecule has 0 unspecified atom stereocenters. The van der Waals surface area contributed by atoms with Crippen LogP contribution in [0, 0.1) is 0 Å². The normalized spacial score (nSPS) is 17.8. The van der Waals surface area contributed by atoms with Gasteiger partial charge in [0.25, 0.3) is 0 Å². The number of fused-ring (bicyclic) bond motifs is 2. The van der Waals surface area contributed by atoms with Gasteiger partial charge in [0.05, 0.1) is 11.4 Å². The fourth-order valence-electron chi connectivity index (χ4n) is 3.60. The fourth-order valence-corrected chi connectivity index (χ4v) is 4.73. The molecule has 3 aromatic rings. The maximum Gasteiger partial charge on any atom is 0.127 e. The molecule has 0 bridgehead atoms. The highest BCUT2D eigenvalue weighted by molar-refractivity contribution is 7.99. The highest BCUT2D eigenvalue weighted by Gasteiger charge is 2.33. The predicted octanol–water partition coefficient (Wildman–Crippen LogP) is 5.81. The summed E-state index contributed by atoms with van der Waals surface area (Å²) in [6.07, 6.45) is 1.11. The molecule has 0 fully saturated rings. The summed E-state index contributed by atoms with van der Waals surface area (Å²) in [6.45, 7) is 0.985. The topological polar surface area (TPSA) is 12.5 Å². The number of para-hydroxylation sites is 3. The van der Waals surface area contributed by atoms with Crippen LogP contribution in [0.3, 0.4) is 0 Å². The first kappa shape index (κ1) is 14.0. The van der Waals surface area contributed by atoms with Gasteiger partial charge in [-0.25, -0.2) is 0 Å². The number of ether oxygens (including phenoxy) is 1. The van der Waals surface area contributed by atoms with Gasteiger partial charge >= 0.3 is 0 Å². The molecule has 1 atom stereocenters. The van der Waals surface area contributed by atoms with E-state index in [2.05, 4.69) is 47.4 Å². The van der Waals surface area contributed by atoms with E-state index in [1.165, 1.54) is 26.7 Å². The van der Waals surface area contributed by atoms with Gasteiger partial charge < -0.3 is 9.64 Å². The highest BCUT2D eigenvalue weighted by atomic mass is 32.2. The van der Waals surface area contributed by atoms with Gasteiger partial charge in [0.1, 0.15) is 11.9 Å². The zero-order valence-electron chi connectivity index (χ0n) is 13.2. The fraction of sp³-hybridized carbons (Fsp3) is 0.143. The largest absolute Gasteiger partial charge is 0.486 e. The van der Waals surface area contributed by atoms with Gasteiger partial charge in [-0.05, 0) is 30.3 Å². The lowest BCUT2D eigenvalue weighted by molar-refractivity contribution is 0.192. The standard InChI is InChI=1S/C21H17NOS/c1-2-7-15(8-3-1)23-18-13-14-22-17-10-4-5-11-19(17)24-20-12-6-9-16(18)21(20)22/h1-12,18H,13-14H2/t18-/m1/s1. The quantitative estimate of drug-likeness (QED) is 0.587. The SMILES string of the molecule is c1ccc(O[C@@H]2CCN3c4ccccc4Sc4cccc2c43)cc1. The van der Waals surface area contributed by atoms with Gasteiger partial charge in [-0.15, -0.1) is 0 Å². The van der Waals surface area contributed by atoms with Gasteiger partial charge in [0.2, 0.25) is 0 Å². The Morgan fingerprint density at radius 3 is 2.54 bits per heavy atom. The second-order valence-corrected chi connectivity index (χ2v) is 7.21. The first-order chi connectivity index (χ1) is 11.9. The van der Waals surface area contributed by atoms with Gasteiger partial charge in [0, 0.05) is 28.3 Å². The zero-order chi connectivity index (χ0) is 15.9. The van der Waals surface area contributed by atoms with Crippen LogP contribution in [0.2, 0.25) is 0 Å². The lowest BCUT2D eigenvalue weighted by Gasteiger charge is -2.40. The summed E-state index contributed by atoms with van der Waals surface area (Å²) < 4.78 is 6.31. The van der Waals surface area contributed by atoms with E-state index in [1.54, 1.807) is 0 Å². The molecule has 0 aliphatic carbocycles. The van der Waals surface area contributed by atoms with Crippen molar-refractivity contribution in [1.29, 1.82) is 0 Å². The Kier molecular flexibility index (Phi) is 3.27. The summed E-state index contributed by atoms with van der Waals surface area (Å²) in [7, 11) is 0. The Balaban J connectivity index is 1.58. The first-order valence-electron chi connectivity index (χ1n) is 8.29. The molecule has 118 valence electrons.